The van der Waals surface area contributed by atoms with Gasteiger partial charge in [0.15, 0.2) is 6.29 Å². The van der Waals surface area contributed by atoms with Gasteiger partial charge in [-0.05, 0) is 24.6 Å². The average Bonchev–Trinajstić information content (AvgIpc) is 2.47. The van der Waals surface area contributed by atoms with Crippen LogP contribution in [0.3, 0.4) is 0 Å². The fourth-order valence-electron chi connectivity index (χ4n) is 1.89. The quantitative estimate of drug-likeness (QED) is 0.799. The van der Waals surface area contributed by atoms with E-state index in [4.69, 9.17) is 10.00 Å². The highest BCUT2D eigenvalue weighted by molar-refractivity contribution is 5.80. The maximum absolute atomic E-state index is 13.9. The van der Waals surface area contributed by atoms with E-state index in [1.807, 2.05) is 13.0 Å². The Morgan fingerprint density at radius 1 is 1.30 bits per heavy atom. The van der Waals surface area contributed by atoms with Gasteiger partial charge in [-0.25, -0.2) is 4.39 Å². The predicted octanol–water partition coefficient (Wildman–Crippen LogP) is 3.40. The number of nitriles is 1. The van der Waals surface area contributed by atoms with Crippen molar-refractivity contribution in [1.82, 2.24) is 0 Å². The number of halogens is 1. The summed E-state index contributed by atoms with van der Waals surface area (Å²) >= 11 is 0. The molecule has 0 unspecified atom stereocenters. The van der Waals surface area contributed by atoms with Gasteiger partial charge in [-0.3, -0.25) is 4.79 Å². The predicted molar refractivity (Wildman–Crippen MR) is 72.0 cm³/mol. The maximum atomic E-state index is 13.9. The summed E-state index contributed by atoms with van der Waals surface area (Å²) in [5.74, 6) is -0.152. The zero-order chi connectivity index (χ0) is 14.5. The lowest BCUT2D eigenvalue weighted by molar-refractivity contribution is 0.111. The van der Waals surface area contributed by atoms with E-state index < -0.39 is 5.82 Å². The van der Waals surface area contributed by atoms with Crippen molar-refractivity contribution in [2.75, 3.05) is 0 Å². The molecule has 0 saturated carbocycles. The smallest absolute Gasteiger partial charge is 0.153 e. The molecule has 0 bridgehead atoms. The van der Waals surface area contributed by atoms with E-state index in [9.17, 15) is 9.18 Å². The molecule has 0 atom stereocenters. The number of para-hydroxylation sites is 1. The Balaban J connectivity index is 2.26. The number of rotatable bonds is 4. The summed E-state index contributed by atoms with van der Waals surface area (Å²) in [6, 6.07) is 11.5. The molecule has 0 heterocycles. The van der Waals surface area contributed by atoms with Crippen LogP contribution in [0.25, 0.3) is 0 Å². The number of ether oxygens (including phenoxy) is 1. The van der Waals surface area contributed by atoms with Crippen molar-refractivity contribution in [1.29, 1.82) is 5.26 Å². The van der Waals surface area contributed by atoms with Crippen LogP contribution < -0.4 is 4.74 Å². The van der Waals surface area contributed by atoms with Crippen LogP contribution in [-0.4, -0.2) is 6.29 Å². The minimum atomic E-state index is -0.587. The molecule has 0 aliphatic rings. The maximum Gasteiger partial charge on any atom is 0.153 e. The summed E-state index contributed by atoms with van der Waals surface area (Å²) in [6.45, 7) is 1.78. The van der Waals surface area contributed by atoms with Gasteiger partial charge in [-0.15, -0.1) is 0 Å². The van der Waals surface area contributed by atoms with Gasteiger partial charge in [-0.2, -0.15) is 5.26 Å². The largest absolute Gasteiger partial charge is 0.488 e. The number of carbonyl (C=O) groups is 1. The van der Waals surface area contributed by atoms with Crippen LogP contribution in [0.4, 0.5) is 4.39 Å². The second kappa shape index (κ2) is 5.98. The first-order valence-electron chi connectivity index (χ1n) is 6.02. The SMILES string of the molecule is Cc1cccc(C=O)c1OCc1cccc(C#N)c1F. The Kier molecular flexibility index (Phi) is 4.11. The van der Waals surface area contributed by atoms with Gasteiger partial charge in [0.2, 0.25) is 0 Å². The summed E-state index contributed by atoms with van der Waals surface area (Å²) in [7, 11) is 0. The molecule has 2 aromatic carbocycles. The third-order valence-electron chi connectivity index (χ3n) is 2.94. The van der Waals surface area contributed by atoms with Crippen molar-refractivity contribution in [3.63, 3.8) is 0 Å². The number of hydrogen-bond acceptors (Lipinski definition) is 3. The normalized spacial score (nSPS) is 9.85. The lowest BCUT2D eigenvalue weighted by Crippen LogP contribution is -2.03. The Morgan fingerprint density at radius 3 is 2.75 bits per heavy atom. The second-order valence-corrected chi connectivity index (χ2v) is 4.29. The van der Waals surface area contributed by atoms with Gasteiger partial charge in [0.1, 0.15) is 24.2 Å². The van der Waals surface area contributed by atoms with E-state index in [0.717, 1.165) is 5.56 Å². The Labute approximate surface area is 116 Å². The lowest BCUT2D eigenvalue weighted by atomic mass is 10.1. The third-order valence-corrected chi connectivity index (χ3v) is 2.94. The molecule has 0 N–H and O–H groups in total. The molecule has 3 nitrogen and oxygen atoms in total. The molecule has 0 fully saturated rings. The standard InChI is InChI=1S/C16H12FNO2/c1-11-4-2-6-13(9-19)16(11)20-10-14-7-3-5-12(8-18)15(14)17/h2-7,9H,10H2,1H3. The number of benzene rings is 2. The highest BCUT2D eigenvalue weighted by Crippen LogP contribution is 2.23. The highest BCUT2D eigenvalue weighted by atomic mass is 19.1. The number of aryl methyl sites for hydroxylation is 1. The van der Waals surface area contributed by atoms with E-state index in [1.165, 1.54) is 6.07 Å². The van der Waals surface area contributed by atoms with Gasteiger partial charge >= 0.3 is 0 Å². The van der Waals surface area contributed by atoms with Crippen LogP contribution in [-0.2, 0) is 6.61 Å². The first-order valence-corrected chi connectivity index (χ1v) is 6.02. The molecule has 100 valence electrons. The minimum absolute atomic E-state index is 0.0218. The summed E-state index contributed by atoms with van der Waals surface area (Å²) in [6.07, 6.45) is 0.699. The zero-order valence-corrected chi connectivity index (χ0v) is 10.9. The molecule has 0 aliphatic carbocycles. The van der Waals surface area contributed by atoms with Crippen LogP contribution >= 0.6 is 0 Å². The Hall–Kier alpha value is -2.67. The third kappa shape index (κ3) is 2.67. The van der Waals surface area contributed by atoms with Crippen LogP contribution in [0.2, 0.25) is 0 Å². The molecule has 4 heteroatoms. The van der Waals surface area contributed by atoms with Crippen molar-refractivity contribution < 1.29 is 13.9 Å². The summed E-state index contributed by atoms with van der Waals surface area (Å²) in [5.41, 5.74) is 1.48. The monoisotopic (exact) mass is 269 g/mol. The van der Waals surface area contributed by atoms with Crippen molar-refractivity contribution >= 4 is 6.29 Å². The molecule has 0 aliphatic heterocycles. The minimum Gasteiger partial charge on any atom is -0.488 e. The summed E-state index contributed by atoms with van der Waals surface area (Å²) in [5, 5.41) is 8.78. The molecule has 20 heavy (non-hydrogen) atoms. The van der Waals surface area contributed by atoms with Crippen LogP contribution in [0, 0.1) is 24.1 Å². The van der Waals surface area contributed by atoms with E-state index in [0.29, 0.717) is 17.6 Å². The molecule has 0 saturated heterocycles. The molecule has 2 rings (SSSR count). The van der Waals surface area contributed by atoms with E-state index >= 15 is 0 Å². The summed E-state index contributed by atoms with van der Waals surface area (Å²) in [4.78, 5) is 11.0. The second-order valence-electron chi connectivity index (χ2n) is 4.29. The van der Waals surface area contributed by atoms with E-state index in [2.05, 4.69) is 0 Å². The molecule has 0 aromatic heterocycles. The number of carbonyl (C=O) groups excluding carboxylic acids is 1. The van der Waals surface area contributed by atoms with Gasteiger partial charge in [0.25, 0.3) is 0 Å². The number of aldehydes is 1. The Bertz CT molecular complexity index is 689. The lowest BCUT2D eigenvalue weighted by Gasteiger charge is -2.12. The molecular formula is C16H12FNO2. The number of nitrogens with zero attached hydrogens (tertiary/aromatic N) is 1. The fourth-order valence-corrected chi connectivity index (χ4v) is 1.89. The van der Waals surface area contributed by atoms with Crippen LogP contribution in [0.5, 0.6) is 5.75 Å². The molecule has 0 amide bonds. The zero-order valence-electron chi connectivity index (χ0n) is 10.9. The molecule has 2 aromatic rings. The van der Waals surface area contributed by atoms with Gasteiger partial charge in [-0.1, -0.05) is 24.3 Å². The van der Waals surface area contributed by atoms with E-state index in [1.54, 1.807) is 30.3 Å². The first kappa shape index (κ1) is 13.8. The van der Waals surface area contributed by atoms with Crippen molar-refractivity contribution in [3.8, 4) is 11.8 Å². The van der Waals surface area contributed by atoms with Gasteiger partial charge < -0.3 is 4.74 Å². The number of hydrogen-bond donors (Lipinski definition) is 0. The molecule has 0 spiro atoms. The first-order chi connectivity index (χ1) is 9.67. The molecule has 0 radical (unpaired) electrons. The van der Waals surface area contributed by atoms with E-state index in [-0.39, 0.29) is 17.7 Å². The molecular weight excluding hydrogens is 257 g/mol. The average molecular weight is 269 g/mol. The topological polar surface area (TPSA) is 50.1 Å². The highest BCUT2D eigenvalue weighted by Gasteiger charge is 2.10. The Morgan fingerprint density at radius 2 is 2.05 bits per heavy atom. The van der Waals surface area contributed by atoms with Gasteiger partial charge in [0, 0.05) is 5.56 Å². The van der Waals surface area contributed by atoms with Crippen LogP contribution in [0.1, 0.15) is 27.0 Å². The van der Waals surface area contributed by atoms with Crippen molar-refractivity contribution in [3.05, 3.63) is 64.5 Å². The summed E-state index contributed by atoms with van der Waals surface area (Å²) < 4.78 is 19.4. The van der Waals surface area contributed by atoms with Crippen molar-refractivity contribution in [2.24, 2.45) is 0 Å². The fraction of sp³-hybridized carbons (Fsp3) is 0.125. The van der Waals surface area contributed by atoms with Crippen LogP contribution in [0.15, 0.2) is 36.4 Å². The van der Waals surface area contributed by atoms with Crippen molar-refractivity contribution in [2.45, 2.75) is 13.5 Å². The van der Waals surface area contributed by atoms with Gasteiger partial charge in [0.05, 0.1) is 11.1 Å².